The average Bonchev–Trinajstić information content (AvgIpc) is 2.82. The summed E-state index contributed by atoms with van der Waals surface area (Å²) >= 11 is 10.7. The van der Waals surface area contributed by atoms with Crippen LogP contribution < -0.4 is 15.0 Å². The SMILES string of the molecule is CCCCc1nc2ccc(Br)cc2c(=O)n1N=Cc1cc(OCC)c(O[C@H](C)CC)c(Br)c1Br. The summed E-state index contributed by atoms with van der Waals surface area (Å²) in [5, 5.41) is 5.09. The number of fused-ring (bicyclic) bond motifs is 1. The molecule has 0 fully saturated rings. The highest BCUT2D eigenvalue weighted by Gasteiger charge is 2.19. The lowest BCUT2D eigenvalue weighted by Crippen LogP contribution is -2.22. The zero-order valence-electron chi connectivity index (χ0n) is 19.7. The topological polar surface area (TPSA) is 65.7 Å². The number of benzene rings is 2. The van der Waals surface area contributed by atoms with Gasteiger partial charge in [0, 0.05) is 20.9 Å². The Morgan fingerprint density at radius 2 is 1.91 bits per heavy atom. The normalized spacial score (nSPS) is 12.4. The predicted octanol–water partition coefficient (Wildman–Crippen LogP) is 7.48. The highest BCUT2D eigenvalue weighted by molar-refractivity contribution is 9.13. The summed E-state index contributed by atoms with van der Waals surface area (Å²) < 4.78 is 15.7. The summed E-state index contributed by atoms with van der Waals surface area (Å²) in [6, 6.07) is 7.38. The molecule has 1 aromatic heterocycles. The Bertz CT molecular complexity index is 1260. The molecule has 0 unspecified atom stereocenters. The Balaban J connectivity index is 2.13. The fourth-order valence-electron chi connectivity index (χ4n) is 3.29. The fourth-order valence-corrected chi connectivity index (χ4v) is 4.56. The molecule has 0 saturated heterocycles. The highest BCUT2D eigenvalue weighted by atomic mass is 79.9. The molecule has 0 saturated carbocycles. The number of aromatic nitrogens is 2. The molecule has 0 amide bonds. The van der Waals surface area contributed by atoms with Gasteiger partial charge in [-0.05, 0) is 82.8 Å². The summed E-state index contributed by atoms with van der Waals surface area (Å²) in [4.78, 5) is 18.1. The van der Waals surface area contributed by atoms with Crippen LogP contribution >= 0.6 is 47.8 Å². The van der Waals surface area contributed by atoms with Gasteiger partial charge in [-0.15, -0.1) is 0 Å². The van der Waals surface area contributed by atoms with Gasteiger partial charge in [0.2, 0.25) is 0 Å². The maximum atomic E-state index is 13.3. The van der Waals surface area contributed by atoms with Crippen molar-refractivity contribution in [2.75, 3.05) is 6.61 Å². The van der Waals surface area contributed by atoms with Crippen LogP contribution in [0.2, 0.25) is 0 Å². The maximum absolute atomic E-state index is 13.3. The van der Waals surface area contributed by atoms with Gasteiger partial charge in [0.25, 0.3) is 5.56 Å². The molecule has 6 nitrogen and oxygen atoms in total. The van der Waals surface area contributed by atoms with Gasteiger partial charge in [-0.3, -0.25) is 4.79 Å². The zero-order valence-corrected chi connectivity index (χ0v) is 24.5. The van der Waals surface area contributed by atoms with E-state index >= 15 is 0 Å². The van der Waals surface area contributed by atoms with Gasteiger partial charge < -0.3 is 9.47 Å². The van der Waals surface area contributed by atoms with Crippen molar-refractivity contribution in [1.29, 1.82) is 0 Å². The van der Waals surface area contributed by atoms with E-state index in [1.54, 1.807) is 12.3 Å². The van der Waals surface area contributed by atoms with Crippen molar-refractivity contribution in [2.24, 2.45) is 5.10 Å². The van der Waals surface area contributed by atoms with Crippen LogP contribution in [0.5, 0.6) is 11.5 Å². The van der Waals surface area contributed by atoms with Crippen molar-refractivity contribution in [1.82, 2.24) is 9.66 Å². The molecule has 1 atom stereocenters. The van der Waals surface area contributed by atoms with Crippen LogP contribution in [0.1, 0.15) is 58.3 Å². The number of unbranched alkanes of at least 4 members (excludes halogenated alkanes) is 1. The summed E-state index contributed by atoms with van der Waals surface area (Å²) in [5.41, 5.74) is 1.21. The molecule has 0 bridgehead atoms. The van der Waals surface area contributed by atoms with E-state index in [1.807, 2.05) is 32.0 Å². The molecule has 9 heteroatoms. The smallest absolute Gasteiger partial charge is 0.282 e. The van der Waals surface area contributed by atoms with Crippen molar-refractivity contribution >= 4 is 64.9 Å². The third kappa shape index (κ3) is 6.10. The van der Waals surface area contributed by atoms with E-state index in [-0.39, 0.29) is 11.7 Å². The first kappa shape index (κ1) is 26.9. The number of halogens is 3. The summed E-state index contributed by atoms with van der Waals surface area (Å²) in [7, 11) is 0. The van der Waals surface area contributed by atoms with E-state index in [9.17, 15) is 4.79 Å². The minimum atomic E-state index is -0.203. The summed E-state index contributed by atoms with van der Waals surface area (Å²) in [6.45, 7) is 8.61. The molecule has 0 radical (unpaired) electrons. The molecule has 0 aliphatic carbocycles. The van der Waals surface area contributed by atoms with E-state index in [0.29, 0.717) is 41.3 Å². The first-order valence-electron chi connectivity index (χ1n) is 11.4. The van der Waals surface area contributed by atoms with Crippen molar-refractivity contribution < 1.29 is 9.47 Å². The minimum Gasteiger partial charge on any atom is -0.490 e. The Kier molecular flexibility index (Phi) is 9.74. The lowest BCUT2D eigenvalue weighted by Gasteiger charge is -2.19. The number of aryl methyl sites for hydroxylation is 1. The van der Waals surface area contributed by atoms with Crippen LogP contribution in [-0.4, -0.2) is 28.6 Å². The van der Waals surface area contributed by atoms with Crippen molar-refractivity contribution in [3.05, 3.63) is 59.4 Å². The van der Waals surface area contributed by atoms with Gasteiger partial charge in [0.05, 0.1) is 34.3 Å². The van der Waals surface area contributed by atoms with Crippen LogP contribution in [0.15, 0.2) is 47.6 Å². The third-order valence-corrected chi connectivity index (χ3v) is 7.93. The molecule has 0 aliphatic rings. The second kappa shape index (κ2) is 12.3. The molecular weight excluding hydrogens is 630 g/mol. The minimum absolute atomic E-state index is 0.0321. The van der Waals surface area contributed by atoms with Crippen molar-refractivity contribution in [3.8, 4) is 11.5 Å². The molecule has 1 heterocycles. The van der Waals surface area contributed by atoms with E-state index in [4.69, 9.17) is 14.5 Å². The van der Waals surface area contributed by atoms with Gasteiger partial charge in [0.15, 0.2) is 11.5 Å². The monoisotopic (exact) mass is 655 g/mol. The maximum Gasteiger partial charge on any atom is 0.282 e. The lowest BCUT2D eigenvalue weighted by molar-refractivity contribution is 0.201. The largest absolute Gasteiger partial charge is 0.490 e. The van der Waals surface area contributed by atoms with Gasteiger partial charge in [-0.1, -0.05) is 36.2 Å². The number of ether oxygens (including phenoxy) is 2. The molecule has 0 spiro atoms. The van der Waals surface area contributed by atoms with Crippen molar-refractivity contribution in [2.45, 2.75) is 59.5 Å². The third-order valence-electron chi connectivity index (χ3n) is 5.29. The predicted molar refractivity (Wildman–Crippen MR) is 149 cm³/mol. The van der Waals surface area contributed by atoms with Crippen LogP contribution in [-0.2, 0) is 6.42 Å². The van der Waals surface area contributed by atoms with Gasteiger partial charge in [0.1, 0.15) is 5.82 Å². The Morgan fingerprint density at radius 3 is 2.59 bits per heavy atom. The van der Waals surface area contributed by atoms with Crippen LogP contribution in [0, 0.1) is 0 Å². The van der Waals surface area contributed by atoms with Crippen LogP contribution in [0.4, 0.5) is 0 Å². The Hall–Kier alpha value is -1.71. The van der Waals surface area contributed by atoms with Crippen molar-refractivity contribution in [3.63, 3.8) is 0 Å². The molecule has 0 aliphatic heterocycles. The molecule has 0 N–H and O–H groups in total. The summed E-state index contributed by atoms with van der Waals surface area (Å²) in [5.74, 6) is 1.88. The van der Waals surface area contributed by atoms with E-state index in [0.717, 1.165) is 38.2 Å². The fraction of sp³-hybridized carbons (Fsp3) is 0.400. The van der Waals surface area contributed by atoms with E-state index in [2.05, 4.69) is 66.7 Å². The lowest BCUT2D eigenvalue weighted by atomic mass is 10.2. The number of nitrogens with zero attached hydrogens (tertiary/aromatic N) is 3. The molecule has 2 aromatic carbocycles. The summed E-state index contributed by atoms with van der Waals surface area (Å²) in [6.07, 6.45) is 5.11. The van der Waals surface area contributed by atoms with Crippen LogP contribution in [0.25, 0.3) is 10.9 Å². The molecule has 182 valence electrons. The zero-order chi connectivity index (χ0) is 24.8. The van der Waals surface area contributed by atoms with Gasteiger partial charge >= 0.3 is 0 Å². The molecule has 3 aromatic rings. The van der Waals surface area contributed by atoms with Gasteiger partial charge in [-0.2, -0.15) is 9.78 Å². The standard InChI is InChI=1S/C25H28Br3N3O3/c1-5-8-9-21-30-19-11-10-17(26)13-18(19)25(32)31(21)29-14-16-12-20(33-7-3)24(23(28)22(16)27)34-15(4)6-2/h10-15H,5-9H2,1-4H3/t15-/m1/s1. The van der Waals surface area contributed by atoms with E-state index in [1.165, 1.54) is 4.68 Å². The average molecular weight is 658 g/mol. The Morgan fingerprint density at radius 1 is 1.15 bits per heavy atom. The first-order chi connectivity index (χ1) is 16.3. The molecular formula is C25H28Br3N3O3. The quantitative estimate of drug-likeness (QED) is 0.212. The molecule has 34 heavy (non-hydrogen) atoms. The number of hydrogen-bond donors (Lipinski definition) is 0. The molecule has 3 rings (SSSR count). The second-order valence-corrected chi connectivity index (χ2v) is 10.3. The first-order valence-corrected chi connectivity index (χ1v) is 13.7. The second-order valence-electron chi connectivity index (χ2n) is 7.85. The van der Waals surface area contributed by atoms with Crippen LogP contribution in [0.3, 0.4) is 0 Å². The Labute approximate surface area is 225 Å². The highest BCUT2D eigenvalue weighted by Crippen LogP contribution is 2.43. The van der Waals surface area contributed by atoms with E-state index < -0.39 is 0 Å². The number of hydrogen-bond acceptors (Lipinski definition) is 5. The van der Waals surface area contributed by atoms with Gasteiger partial charge in [-0.25, -0.2) is 4.98 Å². The number of rotatable bonds is 10.